The quantitative estimate of drug-likeness (QED) is 0.390. The van der Waals surface area contributed by atoms with Crippen molar-refractivity contribution in [2.24, 2.45) is 41.4 Å². The molecule has 10 atom stereocenters. The summed E-state index contributed by atoms with van der Waals surface area (Å²) >= 11 is 0. The molecule has 4 fully saturated rings. The van der Waals surface area contributed by atoms with E-state index < -0.39 is 8.07 Å². The molecule has 0 saturated heterocycles. The van der Waals surface area contributed by atoms with Gasteiger partial charge in [-0.15, -0.1) is 0 Å². The highest BCUT2D eigenvalue weighted by atomic mass is 28.3. The standard InChI is InChI=1S/C32H52Si/c1-20-18-30(22(3)21(20)2)33(7,8)29-17-16-27-28(29)19-24-10-9-11-26(24)31(27)23-12-14-25(15-13-23)32(4,5)6/h12-15,20-22,24,26-31H,9-11,16-19H2,1-8H3. The molecule has 0 amide bonds. The minimum atomic E-state index is -1.30. The predicted octanol–water partition coefficient (Wildman–Crippen LogP) is 9.67. The zero-order valence-electron chi connectivity index (χ0n) is 23.0. The molecule has 0 N–H and O–H groups in total. The van der Waals surface area contributed by atoms with Crippen LogP contribution in [0.25, 0.3) is 0 Å². The Morgan fingerprint density at radius 2 is 1.42 bits per heavy atom. The first-order valence-corrected chi connectivity index (χ1v) is 17.8. The fourth-order valence-corrected chi connectivity index (χ4v) is 15.6. The summed E-state index contributed by atoms with van der Waals surface area (Å²) in [6.07, 6.45) is 10.7. The Hall–Kier alpha value is -0.563. The van der Waals surface area contributed by atoms with E-state index in [9.17, 15) is 0 Å². The number of hydrogen-bond acceptors (Lipinski definition) is 0. The van der Waals surface area contributed by atoms with Gasteiger partial charge in [0.05, 0.1) is 8.07 Å². The lowest BCUT2D eigenvalue weighted by Gasteiger charge is -2.48. The molecule has 1 aromatic carbocycles. The van der Waals surface area contributed by atoms with Gasteiger partial charge in [0.1, 0.15) is 0 Å². The van der Waals surface area contributed by atoms with Crippen LogP contribution in [-0.2, 0) is 5.41 Å². The molecule has 4 aliphatic rings. The molecule has 0 radical (unpaired) electrons. The molecule has 10 unspecified atom stereocenters. The molecule has 4 aliphatic carbocycles. The zero-order valence-corrected chi connectivity index (χ0v) is 24.0. The maximum absolute atomic E-state index is 2.83. The van der Waals surface area contributed by atoms with E-state index in [-0.39, 0.29) is 5.41 Å². The highest BCUT2D eigenvalue weighted by Crippen LogP contribution is 2.66. The van der Waals surface area contributed by atoms with Crippen LogP contribution in [0.1, 0.15) is 104 Å². The Morgan fingerprint density at radius 1 is 0.727 bits per heavy atom. The molecule has 33 heavy (non-hydrogen) atoms. The van der Waals surface area contributed by atoms with Crippen molar-refractivity contribution in [1.29, 1.82) is 0 Å². The van der Waals surface area contributed by atoms with E-state index in [1.807, 2.05) is 0 Å². The van der Waals surface area contributed by atoms with Gasteiger partial charge in [-0.2, -0.15) is 0 Å². The minimum Gasteiger partial charge on any atom is -0.0689 e. The zero-order chi connectivity index (χ0) is 23.7. The Balaban J connectivity index is 1.44. The Morgan fingerprint density at radius 3 is 2.03 bits per heavy atom. The van der Waals surface area contributed by atoms with E-state index >= 15 is 0 Å². The normalized spacial score (nSPS) is 43.5. The molecule has 0 aliphatic heterocycles. The topological polar surface area (TPSA) is 0 Å². The molecular formula is C32H52Si. The first-order valence-electron chi connectivity index (χ1n) is 14.6. The summed E-state index contributed by atoms with van der Waals surface area (Å²) in [4.78, 5) is 0. The lowest BCUT2D eigenvalue weighted by molar-refractivity contribution is 0.121. The van der Waals surface area contributed by atoms with Crippen LogP contribution >= 0.6 is 0 Å². The van der Waals surface area contributed by atoms with Crippen LogP contribution in [0.15, 0.2) is 24.3 Å². The van der Waals surface area contributed by atoms with Crippen molar-refractivity contribution >= 4 is 8.07 Å². The highest BCUT2D eigenvalue weighted by Gasteiger charge is 2.57. The van der Waals surface area contributed by atoms with E-state index in [1.54, 1.807) is 18.4 Å². The fraction of sp³-hybridized carbons (Fsp3) is 0.812. The van der Waals surface area contributed by atoms with E-state index in [2.05, 4.69) is 78.9 Å². The number of fused-ring (bicyclic) bond motifs is 2. The van der Waals surface area contributed by atoms with Crippen molar-refractivity contribution in [3.63, 3.8) is 0 Å². The van der Waals surface area contributed by atoms with Gasteiger partial charge in [-0.1, -0.05) is 98.2 Å². The van der Waals surface area contributed by atoms with Gasteiger partial charge < -0.3 is 0 Å². The number of rotatable bonds is 3. The first-order chi connectivity index (χ1) is 15.5. The fourth-order valence-electron chi connectivity index (χ4n) is 9.98. The molecule has 4 saturated carbocycles. The van der Waals surface area contributed by atoms with Gasteiger partial charge in [0.25, 0.3) is 0 Å². The maximum Gasteiger partial charge on any atom is 0.0541 e. The van der Waals surface area contributed by atoms with Crippen molar-refractivity contribution in [3.05, 3.63) is 35.4 Å². The molecule has 0 bridgehead atoms. The summed E-state index contributed by atoms with van der Waals surface area (Å²) in [5.41, 5.74) is 5.58. The second-order valence-corrected chi connectivity index (χ2v) is 20.0. The number of benzene rings is 1. The monoisotopic (exact) mass is 464 g/mol. The maximum atomic E-state index is 2.83. The average molecular weight is 465 g/mol. The van der Waals surface area contributed by atoms with Gasteiger partial charge in [-0.3, -0.25) is 0 Å². The van der Waals surface area contributed by atoms with E-state index in [0.29, 0.717) is 0 Å². The van der Waals surface area contributed by atoms with Crippen molar-refractivity contribution in [1.82, 2.24) is 0 Å². The lowest BCUT2D eigenvalue weighted by atomic mass is 9.62. The van der Waals surface area contributed by atoms with Gasteiger partial charge in [0.15, 0.2) is 0 Å². The van der Waals surface area contributed by atoms with Crippen molar-refractivity contribution in [2.45, 2.75) is 122 Å². The first kappa shape index (κ1) is 24.1. The molecule has 0 spiro atoms. The Bertz CT molecular complexity index is 829. The molecule has 184 valence electrons. The highest BCUT2D eigenvalue weighted by molar-refractivity contribution is 6.80. The lowest BCUT2D eigenvalue weighted by Crippen LogP contribution is -2.45. The summed E-state index contributed by atoms with van der Waals surface area (Å²) < 4.78 is 0. The van der Waals surface area contributed by atoms with Gasteiger partial charge in [-0.25, -0.2) is 0 Å². The van der Waals surface area contributed by atoms with Crippen LogP contribution in [0, 0.1) is 41.4 Å². The van der Waals surface area contributed by atoms with Gasteiger partial charge in [-0.05, 0) is 101 Å². The summed E-state index contributed by atoms with van der Waals surface area (Å²) in [5, 5.41) is 0. The smallest absolute Gasteiger partial charge is 0.0541 e. The average Bonchev–Trinajstić information content (AvgIpc) is 3.46. The van der Waals surface area contributed by atoms with Crippen LogP contribution < -0.4 is 0 Å². The van der Waals surface area contributed by atoms with Crippen LogP contribution in [0.4, 0.5) is 0 Å². The SMILES string of the molecule is CC1CC([Si](C)(C)C2CCC3C2CC2CCCC2C3c2ccc(C(C)(C)C)cc2)C(C)C1C. The third-order valence-corrected chi connectivity index (χ3v) is 17.5. The van der Waals surface area contributed by atoms with Crippen LogP contribution in [0.2, 0.25) is 24.2 Å². The summed E-state index contributed by atoms with van der Waals surface area (Å²) in [7, 11) is -1.30. The third kappa shape index (κ3) is 4.01. The largest absolute Gasteiger partial charge is 0.0689 e. The second kappa shape index (κ2) is 8.53. The molecule has 0 aromatic heterocycles. The van der Waals surface area contributed by atoms with E-state index in [1.165, 1.54) is 37.7 Å². The summed E-state index contributed by atoms with van der Waals surface area (Å²) in [5.74, 6) is 7.64. The molecular weight excluding hydrogens is 412 g/mol. The van der Waals surface area contributed by atoms with E-state index in [0.717, 1.165) is 58.4 Å². The van der Waals surface area contributed by atoms with Crippen molar-refractivity contribution in [3.8, 4) is 0 Å². The summed E-state index contributed by atoms with van der Waals surface area (Å²) in [6.45, 7) is 20.4. The van der Waals surface area contributed by atoms with Crippen molar-refractivity contribution in [2.75, 3.05) is 0 Å². The van der Waals surface area contributed by atoms with Crippen molar-refractivity contribution < 1.29 is 0 Å². The van der Waals surface area contributed by atoms with Gasteiger partial charge >= 0.3 is 0 Å². The molecule has 1 aromatic rings. The molecule has 0 nitrogen and oxygen atoms in total. The van der Waals surface area contributed by atoms with Crippen LogP contribution in [0.3, 0.4) is 0 Å². The van der Waals surface area contributed by atoms with Crippen LogP contribution in [-0.4, -0.2) is 8.07 Å². The molecule has 1 heteroatoms. The van der Waals surface area contributed by atoms with Crippen LogP contribution in [0.5, 0.6) is 0 Å². The van der Waals surface area contributed by atoms with Gasteiger partial charge in [0.2, 0.25) is 0 Å². The molecule has 5 rings (SSSR count). The second-order valence-electron chi connectivity index (χ2n) is 14.9. The number of hydrogen-bond donors (Lipinski definition) is 0. The minimum absolute atomic E-state index is 0.254. The Labute approximate surface area is 206 Å². The van der Waals surface area contributed by atoms with Gasteiger partial charge in [0, 0.05) is 0 Å². The Kier molecular flexibility index (Phi) is 6.24. The predicted molar refractivity (Wildman–Crippen MR) is 147 cm³/mol. The molecule has 0 heterocycles. The third-order valence-electron chi connectivity index (χ3n) is 12.2. The van der Waals surface area contributed by atoms with E-state index in [4.69, 9.17) is 0 Å². The summed E-state index contributed by atoms with van der Waals surface area (Å²) in [6, 6.07) is 10.1.